The Morgan fingerprint density at radius 1 is 1.44 bits per heavy atom. The minimum Gasteiger partial charge on any atom is -0.469 e. The Balaban J connectivity index is 0. The van der Waals surface area contributed by atoms with E-state index in [1.54, 1.807) is 0 Å². The quantitative estimate of drug-likeness (QED) is 0.435. The third-order valence-corrected chi connectivity index (χ3v) is 0.621. The van der Waals surface area contributed by atoms with Crippen LogP contribution >= 0.6 is 0 Å². The number of methoxy groups -OCH3 is 1. The Bertz CT molecular complexity index is 111. The molecule has 0 heterocycles. The van der Waals surface area contributed by atoms with Gasteiger partial charge in [0.1, 0.15) is 12.2 Å². The molecule has 0 N–H and O–H groups in total. The summed E-state index contributed by atoms with van der Waals surface area (Å²) in [5.41, 5.74) is 0. The largest absolute Gasteiger partial charge is 3.00 e. The van der Waals surface area contributed by atoms with Gasteiger partial charge in [0.2, 0.25) is 0 Å². The molecule has 0 aromatic rings. The van der Waals surface area contributed by atoms with E-state index in [9.17, 15) is 9.59 Å². The maximum Gasteiger partial charge on any atom is 3.00 e. The summed E-state index contributed by atoms with van der Waals surface area (Å²) in [4.78, 5) is 20.3. The minimum absolute atomic E-state index is 0. The van der Waals surface area contributed by atoms with Crippen molar-refractivity contribution in [2.45, 2.75) is 13.3 Å². The minimum atomic E-state index is -0.475. The summed E-state index contributed by atoms with van der Waals surface area (Å²) in [5.74, 6) is -0.644. The van der Waals surface area contributed by atoms with Gasteiger partial charge >= 0.3 is 23.3 Å². The van der Waals surface area contributed by atoms with Crippen molar-refractivity contribution in [1.29, 1.82) is 0 Å². The van der Waals surface area contributed by atoms with Crippen LogP contribution in [0.3, 0.4) is 0 Å². The second-order valence-corrected chi connectivity index (χ2v) is 1.45. The molecule has 0 aromatic heterocycles. The van der Waals surface area contributed by atoms with E-state index in [0.29, 0.717) is 0 Å². The molecule has 0 rings (SSSR count). The van der Waals surface area contributed by atoms with Gasteiger partial charge in [-0.25, -0.2) is 0 Å². The fourth-order valence-corrected chi connectivity index (χ4v) is 0.275. The van der Waals surface area contributed by atoms with E-state index in [4.69, 9.17) is 0 Å². The van der Waals surface area contributed by atoms with Gasteiger partial charge in [-0.05, 0) is 6.92 Å². The van der Waals surface area contributed by atoms with Gasteiger partial charge in [-0.3, -0.25) is 9.59 Å². The Morgan fingerprint density at radius 3 is 2.00 bits per heavy atom. The van der Waals surface area contributed by atoms with E-state index < -0.39 is 5.97 Å². The standard InChI is InChI=1S/C5H8O3.Cr/c1-4(6)3-5(7)8-2;/h3H2,1-2H3;/q;+3. The Kier molecular flexibility index (Phi) is 7.39. The van der Waals surface area contributed by atoms with Crippen molar-refractivity contribution in [2.75, 3.05) is 7.11 Å². The predicted molar refractivity (Wildman–Crippen MR) is 27.3 cm³/mol. The average molecular weight is 168 g/mol. The maximum atomic E-state index is 10.2. The molecule has 0 aromatic carbocycles. The maximum absolute atomic E-state index is 10.2. The van der Waals surface area contributed by atoms with E-state index in [2.05, 4.69) is 4.74 Å². The zero-order chi connectivity index (χ0) is 6.57. The summed E-state index contributed by atoms with van der Waals surface area (Å²) < 4.78 is 4.20. The van der Waals surface area contributed by atoms with Crippen LogP contribution in [0.1, 0.15) is 13.3 Å². The molecule has 4 heteroatoms. The second kappa shape index (κ2) is 5.80. The molecule has 0 unspecified atom stereocenters. The van der Waals surface area contributed by atoms with Gasteiger partial charge < -0.3 is 4.74 Å². The van der Waals surface area contributed by atoms with Crippen molar-refractivity contribution in [3.63, 3.8) is 0 Å². The van der Waals surface area contributed by atoms with Crippen LogP contribution in [0.15, 0.2) is 0 Å². The molecule has 9 heavy (non-hydrogen) atoms. The number of ether oxygens (including phenoxy) is 1. The smallest absolute Gasteiger partial charge is 0.469 e. The zero-order valence-electron chi connectivity index (χ0n) is 5.34. The first-order valence-electron chi connectivity index (χ1n) is 2.23. The topological polar surface area (TPSA) is 43.4 Å². The van der Waals surface area contributed by atoms with E-state index in [1.165, 1.54) is 14.0 Å². The van der Waals surface area contributed by atoms with Crippen molar-refractivity contribution in [3.8, 4) is 0 Å². The molecule has 0 saturated carbocycles. The van der Waals surface area contributed by atoms with Gasteiger partial charge in [-0.1, -0.05) is 0 Å². The summed E-state index contributed by atoms with van der Waals surface area (Å²) in [5, 5.41) is 0. The number of hydrogen-bond donors (Lipinski definition) is 0. The van der Waals surface area contributed by atoms with Crippen LogP contribution in [0, 0.1) is 0 Å². The average Bonchev–Trinajstić information content (AvgIpc) is 1.65. The van der Waals surface area contributed by atoms with Gasteiger partial charge in [0.15, 0.2) is 0 Å². The van der Waals surface area contributed by atoms with Crippen LogP contribution in [0.5, 0.6) is 0 Å². The molecular weight excluding hydrogens is 160 g/mol. The number of hydrogen-bond acceptors (Lipinski definition) is 3. The normalized spacial score (nSPS) is 7.33. The zero-order valence-corrected chi connectivity index (χ0v) is 6.62. The van der Waals surface area contributed by atoms with Crippen molar-refractivity contribution >= 4 is 11.8 Å². The SMILES string of the molecule is COC(=O)CC(C)=O.[Cr+3]. The first-order valence-corrected chi connectivity index (χ1v) is 2.23. The third-order valence-electron chi connectivity index (χ3n) is 0.621. The number of carbonyl (C=O) groups is 2. The van der Waals surface area contributed by atoms with E-state index in [1.807, 2.05) is 0 Å². The van der Waals surface area contributed by atoms with Gasteiger partial charge in [-0.15, -0.1) is 0 Å². The monoisotopic (exact) mass is 168 g/mol. The van der Waals surface area contributed by atoms with Crippen molar-refractivity contribution in [1.82, 2.24) is 0 Å². The van der Waals surface area contributed by atoms with Gasteiger partial charge in [0.25, 0.3) is 0 Å². The Labute approximate surface area is 64.5 Å². The van der Waals surface area contributed by atoms with Crippen molar-refractivity contribution in [3.05, 3.63) is 0 Å². The van der Waals surface area contributed by atoms with Crippen LogP contribution in [0.25, 0.3) is 0 Å². The Morgan fingerprint density at radius 2 is 1.89 bits per heavy atom. The van der Waals surface area contributed by atoms with Gasteiger partial charge in [-0.2, -0.15) is 0 Å². The summed E-state index contributed by atoms with van der Waals surface area (Å²) in [6.45, 7) is 1.34. The number of ketones is 1. The molecule has 3 nitrogen and oxygen atoms in total. The number of esters is 1. The molecule has 0 saturated heterocycles. The molecule has 49 valence electrons. The van der Waals surface area contributed by atoms with Crippen LogP contribution in [0.4, 0.5) is 0 Å². The second-order valence-electron chi connectivity index (χ2n) is 1.45. The molecule has 0 bridgehead atoms. The van der Waals surface area contributed by atoms with Crippen molar-refractivity contribution < 1.29 is 31.7 Å². The third kappa shape index (κ3) is 7.67. The van der Waals surface area contributed by atoms with Crippen LogP contribution in [-0.4, -0.2) is 18.9 Å². The van der Waals surface area contributed by atoms with Gasteiger partial charge in [0.05, 0.1) is 7.11 Å². The molecule has 0 fully saturated rings. The molecule has 1 radical (unpaired) electrons. The van der Waals surface area contributed by atoms with Crippen LogP contribution < -0.4 is 0 Å². The molecule has 0 amide bonds. The predicted octanol–water partition coefficient (Wildman–Crippen LogP) is 0.136. The summed E-state index contributed by atoms with van der Waals surface area (Å²) in [6, 6.07) is 0. The fourth-order valence-electron chi connectivity index (χ4n) is 0.275. The van der Waals surface area contributed by atoms with Gasteiger partial charge in [0, 0.05) is 0 Å². The first kappa shape index (κ1) is 11.5. The fraction of sp³-hybridized carbons (Fsp3) is 0.600. The number of carbonyl (C=O) groups excluding carboxylic acids is 2. The molecule has 0 atom stereocenters. The van der Waals surface area contributed by atoms with Crippen LogP contribution in [-0.2, 0) is 31.7 Å². The summed E-state index contributed by atoms with van der Waals surface area (Å²) in [6.07, 6.45) is -0.115. The van der Waals surface area contributed by atoms with E-state index in [-0.39, 0.29) is 29.6 Å². The number of rotatable bonds is 2. The Hall–Kier alpha value is -0.328. The summed E-state index contributed by atoms with van der Waals surface area (Å²) in [7, 11) is 1.26. The van der Waals surface area contributed by atoms with Crippen LogP contribution in [0.2, 0.25) is 0 Å². The molecular formula is C5H8CrO3+3. The number of Topliss-reactive ketones (excluding diaryl/α,β-unsaturated/α-hetero) is 1. The van der Waals surface area contributed by atoms with E-state index in [0.717, 1.165) is 0 Å². The summed E-state index contributed by atoms with van der Waals surface area (Å²) >= 11 is 0. The molecule has 0 aliphatic rings. The van der Waals surface area contributed by atoms with Crippen molar-refractivity contribution in [2.24, 2.45) is 0 Å². The van der Waals surface area contributed by atoms with E-state index >= 15 is 0 Å². The molecule has 0 aliphatic heterocycles. The molecule has 0 aliphatic carbocycles. The first-order chi connectivity index (χ1) is 3.66. The molecule has 0 spiro atoms.